The molecule has 0 radical (unpaired) electrons. The Morgan fingerprint density at radius 2 is 1.58 bits per heavy atom. The van der Waals surface area contributed by atoms with Crippen LogP contribution < -0.4 is 0 Å². The number of aliphatic hydroxyl groups is 2. The molecule has 0 saturated heterocycles. The van der Waals surface area contributed by atoms with Crippen LogP contribution in [-0.2, 0) is 0 Å². The van der Waals surface area contributed by atoms with E-state index in [1.165, 1.54) is 0 Å². The van der Waals surface area contributed by atoms with E-state index in [9.17, 15) is 0 Å². The van der Waals surface area contributed by atoms with Gasteiger partial charge in [-0.3, -0.25) is 0 Å². The van der Waals surface area contributed by atoms with Gasteiger partial charge in [0.2, 0.25) is 0 Å². The molecular weight excluding hydrogens is 192 g/mol. The van der Waals surface area contributed by atoms with Gasteiger partial charge in [0.1, 0.15) is 0 Å². The summed E-state index contributed by atoms with van der Waals surface area (Å²) < 4.78 is 0.782. The molecule has 0 heterocycles. The highest BCUT2D eigenvalue weighted by atomic mass is 32.1. The Balaban J connectivity index is 0. The van der Waals surface area contributed by atoms with E-state index in [1.807, 2.05) is 6.92 Å². The summed E-state index contributed by atoms with van der Waals surface area (Å²) in [4.78, 5) is 0. The molecule has 0 aliphatic carbocycles. The second-order valence-electron chi connectivity index (χ2n) is 3.23. The van der Waals surface area contributed by atoms with Crippen molar-refractivity contribution in [2.24, 2.45) is 5.41 Å². The third kappa shape index (κ3) is 13.0. The van der Waals surface area contributed by atoms with Crippen LogP contribution >= 0.6 is 24.8 Å². The summed E-state index contributed by atoms with van der Waals surface area (Å²) in [5.41, 5.74) is -0.306. The first kappa shape index (κ1) is 14.9. The van der Waals surface area contributed by atoms with Gasteiger partial charge in [-0.2, -0.15) is 0 Å². The Kier molecular flexibility index (Phi) is 9.88. The predicted molar refractivity (Wildman–Crippen MR) is 59.8 cm³/mol. The van der Waals surface area contributed by atoms with Crippen LogP contribution in [0, 0.1) is 5.41 Å². The molecule has 0 saturated carbocycles. The van der Waals surface area contributed by atoms with Crippen molar-refractivity contribution in [3.63, 3.8) is 0 Å². The van der Waals surface area contributed by atoms with Crippen molar-refractivity contribution in [1.82, 2.24) is 0 Å². The van der Waals surface area contributed by atoms with Gasteiger partial charge >= 0.3 is 0 Å². The number of thiocarbonyl (C=S) groups is 1. The quantitative estimate of drug-likeness (QED) is 0.490. The highest BCUT2D eigenvalue weighted by Gasteiger charge is 2.13. The second-order valence-corrected chi connectivity index (χ2v) is 4.56. The number of hydrogen-bond acceptors (Lipinski definition) is 3. The second kappa shape index (κ2) is 7.98. The molecule has 0 fully saturated rings. The lowest BCUT2D eigenvalue weighted by molar-refractivity contribution is 0.0857. The molecule has 0 aromatic carbocycles. The van der Waals surface area contributed by atoms with Gasteiger partial charge in [-0.15, -0.1) is 12.6 Å². The lowest BCUT2D eigenvalue weighted by atomic mass is 9.97. The molecule has 0 rings (SSSR count). The van der Waals surface area contributed by atoms with E-state index in [2.05, 4.69) is 24.8 Å². The third-order valence-electron chi connectivity index (χ3n) is 1.16. The maximum atomic E-state index is 8.43. The van der Waals surface area contributed by atoms with Crippen LogP contribution in [0.4, 0.5) is 0 Å². The van der Waals surface area contributed by atoms with Crippen LogP contribution in [0.2, 0.25) is 0 Å². The Morgan fingerprint density at radius 3 is 1.58 bits per heavy atom. The van der Waals surface area contributed by atoms with Gasteiger partial charge in [-0.1, -0.05) is 33.0 Å². The van der Waals surface area contributed by atoms with Gasteiger partial charge < -0.3 is 10.2 Å². The van der Waals surface area contributed by atoms with Crippen LogP contribution in [0.15, 0.2) is 0 Å². The van der Waals surface area contributed by atoms with Gasteiger partial charge in [0.05, 0.1) is 13.2 Å². The lowest BCUT2D eigenvalue weighted by Gasteiger charge is -2.16. The molecule has 4 heteroatoms. The monoisotopic (exact) mass is 210 g/mol. The first-order chi connectivity index (χ1) is 5.39. The zero-order chi connectivity index (χ0) is 10.2. The standard InChI is InChI=1S/C5H12O2.C3H6S2/c1-5(2,3-6)4-7;1-2-3(4)5/h6-7H,3-4H2,1-2H3;2H2,1H3,(H,4,5). The average molecular weight is 210 g/mol. The van der Waals surface area contributed by atoms with Crippen LogP contribution in [-0.4, -0.2) is 27.6 Å². The maximum absolute atomic E-state index is 8.43. The zero-order valence-corrected chi connectivity index (χ0v) is 9.58. The van der Waals surface area contributed by atoms with Crippen molar-refractivity contribution in [1.29, 1.82) is 0 Å². The summed E-state index contributed by atoms with van der Waals surface area (Å²) in [6.45, 7) is 5.67. The number of thiol groups is 1. The smallest absolute Gasteiger partial charge is 0.0504 e. The number of aliphatic hydroxyl groups excluding tert-OH is 2. The first-order valence-corrected chi connectivity index (χ1v) is 4.68. The maximum Gasteiger partial charge on any atom is 0.0504 e. The largest absolute Gasteiger partial charge is 0.396 e. The third-order valence-corrected chi connectivity index (χ3v) is 1.76. The number of rotatable bonds is 3. The van der Waals surface area contributed by atoms with Crippen molar-refractivity contribution in [3.05, 3.63) is 0 Å². The zero-order valence-electron chi connectivity index (χ0n) is 7.87. The first-order valence-electron chi connectivity index (χ1n) is 3.83. The van der Waals surface area contributed by atoms with E-state index in [1.54, 1.807) is 13.8 Å². The number of hydrogen-bond donors (Lipinski definition) is 3. The molecule has 0 aliphatic rings. The van der Waals surface area contributed by atoms with Crippen molar-refractivity contribution >= 4 is 29.0 Å². The molecule has 0 amide bonds. The molecule has 0 unspecified atom stereocenters. The molecule has 0 aliphatic heterocycles. The summed E-state index contributed by atoms with van der Waals surface area (Å²) in [7, 11) is 0. The van der Waals surface area contributed by atoms with Gasteiger partial charge in [-0.05, 0) is 6.42 Å². The molecule has 74 valence electrons. The SMILES string of the molecule is CC(C)(CO)CO.CCC(=S)S. The van der Waals surface area contributed by atoms with E-state index >= 15 is 0 Å². The predicted octanol–water partition coefficient (Wildman–Crippen LogP) is 1.65. The topological polar surface area (TPSA) is 40.5 Å². The fraction of sp³-hybridized carbons (Fsp3) is 0.875. The minimum absolute atomic E-state index is 0.0451. The fourth-order valence-corrected chi connectivity index (χ4v) is 0.0500. The van der Waals surface area contributed by atoms with Crippen LogP contribution in [0.1, 0.15) is 27.2 Å². The Morgan fingerprint density at radius 1 is 1.33 bits per heavy atom. The van der Waals surface area contributed by atoms with E-state index in [0.29, 0.717) is 0 Å². The Labute approximate surface area is 85.4 Å². The minimum atomic E-state index is -0.306. The molecular formula is C8H18O2S2. The molecule has 0 aromatic rings. The summed E-state index contributed by atoms with van der Waals surface area (Å²) in [6.07, 6.45) is 0.901. The normalized spacial score (nSPS) is 10.2. The fourth-order valence-electron chi connectivity index (χ4n) is 0.0500. The summed E-state index contributed by atoms with van der Waals surface area (Å²) >= 11 is 8.39. The summed E-state index contributed by atoms with van der Waals surface area (Å²) in [6, 6.07) is 0. The van der Waals surface area contributed by atoms with Crippen LogP contribution in [0.5, 0.6) is 0 Å². The molecule has 0 spiro atoms. The van der Waals surface area contributed by atoms with Crippen molar-refractivity contribution in [3.8, 4) is 0 Å². The molecule has 2 nitrogen and oxygen atoms in total. The summed E-state index contributed by atoms with van der Waals surface area (Å²) in [5.74, 6) is 0. The molecule has 0 bridgehead atoms. The molecule has 0 atom stereocenters. The van der Waals surface area contributed by atoms with E-state index < -0.39 is 0 Å². The minimum Gasteiger partial charge on any atom is -0.396 e. The molecule has 12 heavy (non-hydrogen) atoms. The van der Waals surface area contributed by atoms with Crippen LogP contribution in [0.3, 0.4) is 0 Å². The van der Waals surface area contributed by atoms with Gasteiger partial charge in [0.25, 0.3) is 0 Å². The lowest BCUT2D eigenvalue weighted by Crippen LogP contribution is -2.20. The highest BCUT2D eigenvalue weighted by molar-refractivity contribution is 8.11. The van der Waals surface area contributed by atoms with E-state index in [-0.39, 0.29) is 18.6 Å². The van der Waals surface area contributed by atoms with Crippen molar-refractivity contribution in [2.45, 2.75) is 27.2 Å². The van der Waals surface area contributed by atoms with Gasteiger partial charge in [0, 0.05) is 9.61 Å². The highest BCUT2D eigenvalue weighted by Crippen LogP contribution is 2.10. The van der Waals surface area contributed by atoms with Crippen LogP contribution in [0.25, 0.3) is 0 Å². The average Bonchev–Trinajstić information content (AvgIpc) is 2.05. The van der Waals surface area contributed by atoms with Gasteiger partial charge in [-0.25, -0.2) is 0 Å². The Bertz CT molecular complexity index is 118. The Hall–Kier alpha value is 0.360. The molecule has 2 N–H and O–H groups in total. The van der Waals surface area contributed by atoms with Crippen molar-refractivity contribution < 1.29 is 10.2 Å². The van der Waals surface area contributed by atoms with E-state index in [4.69, 9.17) is 10.2 Å². The van der Waals surface area contributed by atoms with E-state index in [0.717, 1.165) is 10.6 Å². The molecule has 0 aromatic heterocycles. The van der Waals surface area contributed by atoms with Gasteiger partial charge in [0.15, 0.2) is 0 Å². The summed E-state index contributed by atoms with van der Waals surface area (Å²) in [5, 5.41) is 16.9. The van der Waals surface area contributed by atoms with Crippen molar-refractivity contribution in [2.75, 3.05) is 13.2 Å².